The van der Waals surface area contributed by atoms with Crippen molar-refractivity contribution in [3.05, 3.63) is 26.9 Å². The van der Waals surface area contributed by atoms with Crippen LogP contribution in [0.3, 0.4) is 0 Å². The molecule has 1 aliphatic heterocycles. The third-order valence-corrected chi connectivity index (χ3v) is 4.46. The number of carbonyl (C=O) groups excluding carboxylic acids is 2. The van der Waals surface area contributed by atoms with Gasteiger partial charge in [-0.25, -0.2) is 9.78 Å². The van der Waals surface area contributed by atoms with Crippen molar-refractivity contribution in [1.29, 1.82) is 0 Å². The van der Waals surface area contributed by atoms with Gasteiger partial charge in [-0.1, -0.05) is 13.8 Å². The number of hydrogen-bond acceptors (Lipinski definition) is 4. The Morgan fingerprint density at radius 3 is 2.39 bits per heavy atom. The normalized spacial score (nSPS) is 15.0. The summed E-state index contributed by atoms with van der Waals surface area (Å²) >= 11 is 6.63. The zero-order chi connectivity index (χ0) is 17.0. The van der Waals surface area contributed by atoms with E-state index in [2.05, 4.69) is 36.8 Å². The van der Waals surface area contributed by atoms with Gasteiger partial charge in [-0.3, -0.25) is 4.79 Å². The first kappa shape index (κ1) is 18.2. The summed E-state index contributed by atoms with van der Waals surface area (Å²) in [6.45, 7) is 6.27. The number of amides is 2. The van der Waals surface area contributed by atoms with Crippen LogP contribution in [-0.2, 0) is 4.74 Å². The van der Waals surface area contributed by atoms with Gasteiger partial charge >= 0.3 is 6.09 Å². The molecule has 2 heterocycles. The van der Waals surface area contributed by atoms with E-state index in [0.717, 1.165) is 0 Å². The van der Waals surface area contributed by atoms with Crippen LogP contribution in [-0.4, -0.2) is 59.6 Å². The van der Waals surface area contributed by atoms with E-state index in [0.29, 0.717) is 53.5 Å². The minimum Gasteiger partial charge on any atom is -0.449 e. The summed E-state index contributed by atoms with van der Waals surface area (Å²) in [7, 11) is 0. The first-order valence-electron chi connectivity index (χ1n) is 7.41. The molecular weight excluding hydrogens is 430 g/mol. The molecule has 0 saturated carbocycles. The SMILES string of the molecule is CC(C)COC(=O)N1CCN(C(=O)c2nc(Br)ccc2Br)CC1. The van der Waals surface area contributed by atoms with Crippen LogP contribution in [0.1, 0.15) is 24.3 Å². The van der Waals surface area contributed by atoms with Crippen LogP contribution in [0, 0.1) is 5.92 Å². The molecule has 6 nitrogen and oxygen atoms in total. The van der Waals surface area contributed by atoms with Gasteiger partial charge in [0.05, 0.1) is 6.61 Å². The summed E-state index contributed by atoms with van der Waals surface area (Å²) in [6.07, 6.45) is -0.312. The van der Waals surface area contributed by atoms with Gasteiger partial charge in [0.2, 0.25) is 0 Å². The quantitative estimate of drug-likeness (QED) is 0.666. The summed E-state index contributed by atoms with van der Waals surface area (Å²) in [4.78, 5) is 32.0. The molecule has 0 N–H and O–H groups in total. The highest BCUT2D eigenvalue weighted by atomic mass is 79.9. The van der Waals surface area contributed by atoms with Gasteiger partial charge in [0.15, 0.2) is 0 Å². The third-order valence-electron chi connectivity index (χ3n) is 3.38. The molecule has 0 bridgehead atoms. The number of nitrogens with zero attached hydrogens (tertiary/aromatic N) is 3. The zero-order valence-corrected chi connectivity index (χ0v) is 16.3. The molecular formula is C15H19Br2N3O3. The molecule has 0 spiro atoms. The van der Waals surface area contributed by atoms with Crippen LogP contribution >= 0.6 is 31.9 Å². The summed E-state index contributed by atoms with van der Waals surface area (Å²) in [5.74, 6) is 0.162. The lowest BCUT2D eigenvalue weighted by atomic mass is 10.2. The van der Waals surface area contributed by atoms with E-state index in [1.807, 2.05) is 13.8 Å². The predicted octanol–water partition coefficient (Wildman–Crippen LogP) is 3.16. The van der Waals surface area contributed by atoms with Crippen molar-refractivity contribution in [2.75, 3.05) is 32.8 Å². The Morgan fingerprint density at radius 1 is 1.17 bits per heavy atom. The number of carbonyl (C=O) groups is 2. The molecule has 23 heavy (non-hydrogen) atoms. The first-order chi connectivity index (χ1) is 10.9. The van der Waals surface area contributed by atoms with Crippen molar-refractivity contribution >= 4 is 43.9 Å². The van der Waals surface area contributed by atoms with Crippen molar-refractivity contribution in [1.82, 2.24) is 14.8 Å². The lowest BCUT2D eigenvalue weighted by Crippen LogP contribution is -2.51. The number of piperazine rings is 1. The Balaban J connectivity index is 1.92. The van der Waals surface area contributed by atoms with E-state index < -0.39 is 0 Å². The standard InChI is InChI=1S/C15H19Br2N3O3/c1-10(2)9-23-15(22)20-7-5-19(6-8-20)14(21)13-11(16)3-4-12(17)18-13/h3-4,10H,5-9H2,1-2H3. The molecule has 8 heteroatoms. The van der Waals surface area contributed by atoms with Gasteiger partial charge < -0.3 is 14.5 Å². The third kappa shape index (κ3) is 4.91. The topological polar surface area (TPSA) is 62.7 Å². The number of aromatic nitrogens is 1. The molecule has 126 valence electrons. The molecule has 0 aliphatic carbocycles. The molecule has 1 aromatic heterocycles. The van der Waals surface area contributed by atoms with E-state index in [1.165, 1.54) is 0 Å². The number of rotatable bonds is 3. The van der Waals surface area contributed by atoms with Crippen molar-refractivity contribution in [3.8, 4) is 0 Å². The van der Waals surface area contributed by atoms with E-state index in [4.69, 9.17) is 4.74 Å². The molecule has 1 aromatic rings. The number of ether oxygens (including phenoxy) is 1. The summed E-state index contributed by atoms with van der Waals surface area (Å²) in [6, 6.07) is 3.55. The summed E-state index contributed by atoms with van der Waals surface area (Å²) in [5, 5.41) is 0. The zero-order valence-electron chi connectivity index (χ0n) is 13.1. The molecule has 0 unspecified atom stereocenters. The second-order valence-corrected chi connectivity index (χ2v) is 7.38. The van der Waals surface area contributed by atoms with E-state index in [1.54, 1.807) is 21.9 Å². The number of halogens is 2. The van der Waals surface area contributed by atoms with Gasteiger partial charge in [-0.2, -0.15) is 0 Å². The molecule has 2 amide bonds. The highest BCUT2D eigenvalue weighted by Crippen LogP contribution is 2.20. The van der Waals surface area contributed by atoms with Crippen molar-refractivity contribution in [2.45, 2.75) is 13.8 Å². The Hall–Kier alpha value is -1.15. The Labute approximate surface area is 152 Å². The summed E-state index contributed by atoms with van der Waals surface area (Å²) in [5.41, 5.74) is 0.371. The Morgan fingerprint density at radius 2 is 1.78 bits per heavy atom. The minimum atomic E-state index is -0.312. The van der Waals surface area contributed by atoms with E-state index >= 15 is 0 Å². The molecule has 0 radical (unpaired) electrons. The Bertz CT molecular complexity index is 587. The van der Waals surface area contributed by atoms with Crippen LogP contribution in [0.25, 0.3) is 0 Å². The lowest BCUT2D eigenvalue weighted by molar-refractivity contribution is 0.0530. The molecule has 1 aliphatic rings. The molecule has 1 fully saturated rings. The first-order valence-corrected chi connectivity index (χ1v) is 9.00. The molecule has 0 atom stereocenters. The van der Waals surface area contributed by atoms with E-state index in [9.17, 15) is 9.59 Å². The highest BCUT2D eigenvalue weighted by Gasteiger charge is 2.27. The Kier molecular flexibility index (Phi) is 6.41. The predicted molar refractivity (Wildman–Crippen MR) is 93.3 cm³/mol. The average molecular weight is 449 g/mol. The lowest BCUT2D eigenvalue weighted by Gasteiger charge is -2.34. The maximum Gasteiger partial charge on any atom is 0.409 e. The van der Waals surface area contributed by atoms with E-state index in [-0.39, 0.29) is 12.0 Å². The van der Waals surface area contributed by atoms with Crippen molar-refractivity contribution < 1.29 is 14.3 Å². The number of pyridine rings is 1. The van der Waals surface area contributed by atoms with Crippen molar-refractivity contribution in [3.63, 3.8) is 0 Å². The summed E-state index contributed by atoms with van der Waals surface area (Å²) < 4.78 is 6.48. The molecule has 0 aromatic carbocycles. The molecule has 2 rings (SSSR count). The maximum atomic E-state index is 12.5. The maximum absolute atomic E-state index is 12.5. The van der Waals surface area contributed by atoms with Crippen LogP contribution in [0.4, 0.5) is 4.79 Å². The van der Waals surface area contributed by atoms with Gasteiger partial charge in [-0.15, -0.1) is 0 Å². The smallest absolute Gasteiger partial charge is 0.409 e. The van der Waals surface area contributed by atoms with Crippen LogP contribution in [0.5, 0.6) is 0 Å². The van der Waals surface area contributed by atoms with Crippen LogP contribution in [0.15, 0.2) is 21.2 Å². The van der Waals surface area contributed by atoms with Gasteiger partial charge in [0, 0.05) is 30.7 Å². The highest BCUT2D eigenvalue weighted by molar-refractivity contribution is 9.11. The fourth-order valence-electron chi connectivity index (χ4n) is 2.14. The van der Waals surface area contributed by atoms with Gasteiger partial charge in [0.1, 0.15) is 10.3 Å². The van der Waals surface area contributed by atoms with Crippen LogP contribution < -0.4 is 0 Å². The second-order valence-electron chi connectivity index (χ2n) is 5.71. The second kappa shape index (κ2) is 8.10. The number of hydrogen-bond donors (Lipinski definition) is 0. The monoisotopic (exact) mass is 447 g/mol. The minimum absolute atomic E-state index is 0.145. The van der Waals surface area contributed by atoms with Gasteiger partial charge in [0.25, 0.3) is 5.91 Å². The fraction of sp³-hybridized carbons (Fsp3) is 0.533. The van der Waals surface area contributed by atoms with Gasteiger partial charge in [-0.05, 0) is 49.9 Å². The van der Waals surface area contributed by atoms with Crippen LogP contribution in [0.2, 0.25) is 0 Å². The largest absolute Gasteiger partial charge is 0.449 e. The molecule has 1 saturated heterocycles. The van der Waals surface area contributed by atoms with Crippen molar-refractivity contribution in [2.24, 2.45) is 5.92 Å². The fourth-order valence-corrected chi connectivity index (χ4v) is 2.84. The average Bonchev–Trinajstić information content (AvgIpc) is 2.54.